The number of allylic oxidation sites excluding steroid dienone is 1. The molecule has 2 aromatic carbocycles. The van der Waals surface area contributed by atoms with Crippen LogP contribution in [-0.2, 0) is 16.0 Å². The highest BCUT2D eigenvalue weighted by Crippen LogP contribution is 2.36. The van der Waals surface area contributed by atoms with Crippen LogP contribution >= 0.6 is 39.3 Å². The molecule has 0 bridgehead atoms. The quantitative estimate of drug-likeness (QED) is 0.355. The number of benzene rings is 2. The van der Waals surface area contributed by atoms with E-state index >= 15 is 0 Å². The molecule has 2 N–H and O–H groups in total. The third kappa shape index (κ3) is 5.93. The van der Waals surface area contributed by atoms with Gasteiger partial charge in [0, 0.05) is 10.0 Å². The lowest BCUT2D eigenvalue weighted by atomic mass is 10.0. The summed E-state index contributed by atoms with van der Waals surface area (Å²) in [6, 6.07) is 8.72. The van der Waals surface area contributed by atoms with Gasteiger partial charge in [-0.15, -0.1) is 6.58 Å². The first-order chi connectivity index (χ1) is 15.3. The number of rotatable bonds is 8. The number of hydrogen-bond donors (Lipinski definition) is 2. The van der Waals surface area contributed by atoms with Gasteiger partial charge in [0.05, 0.1) is 22.7 Å². The molecule has 0 aliphatic carbocycles. The van der Waals surface area contributed by atoms with Gasteiger partial charge < -0.3 is 19.9 Å². The summed E-state index contributed by atoms with van der Waals surface area (Å²) in [5, 5.41) is 12.6. The fourth-order valence-electron chi connectivity index (χ4n) is 2.83. The Bertz CT molecular complexity index is 1150. The number of halogens is 2. The first kappa shape index (κ1) is 23.9. The molecular formula is C22H18BrClN2O5S. The van der Waals surface area contributed by atoms with Crippen LogP contribution in [-0.4, -0.2) is 35.9 Å². The SMILES string of the molecule is C=CCc1cc(/C=C2\SC(=Nc3ccc(Br)c(Cl)c3)NC2=O)cc(OC)c1OCC(=O)O. The zero-order chi connectivity index (χ0) is 23.3. The summed E-state index contributed by atoms with van der Waals surface area (Å²) in [6.07, 6.45) is 3.80. The Morgan fingerprint density at radius 2 is 2.16 bits per heavy atom. The number of hydrogen-bond acceptors (Lipinski definition) is 6. The minimum Gasteiger partial charge on any atom is -0.493 e. The van der Waals surface area contributed by atoms with Gasteiger partial charge in [0.15, 0.2) is 23.3 Å². The van der Waals surface area contributed by atoms with E-state index in [1.54, 1.807) is 42.5 Å². The molecule has 0 radical (unpaired) electrons. The first-order valence-electron chi connectivity index (χ1n) is 9.21. The zero-order valence-electron chi connectivity index (χ0n) is 16.9. The number of carbonyl (C=O) groups is 2. The molecule has 0 saturated carbocycles. The lowest BCUT2D eigenvalue weighted by molar-refractivity contribution is -0.139. The van der Waals surface area contributed by atoms with Gasteiger partial charge in [0.25, 0.3) is 5.91 Å². The summed E-state index contributed by atoms with van der Waals surface area (Å²) < 4.78 is 11.6. The monoisotopic (exact) mass is 536 g/mol. The minimum absolute atomic E-state index is 0.285. The maximum Gasteiger partial charge on any atom is 0.341 e. The molecule has 3 rings (SSSR count). The van der Waals surface area contributed by atoms with Crippen molar-refractivity contribution in [1.29, 1.82) is 0 Å². The second-order valence-corrected chi connectivity index (χ2v) is 8.76. The Balaban J connectivity index is 1.91. The van der Waals surface area contributed by atoms with E-state index in [1.165, 1.54) is 18.9 Å². The fraction of sp³-hybridized carbons (Fsp3) is 0.136. The van der Waals surface area contributed by atoms with Gasteiger partial charge in [-0.05, 0) is 76.1 Å². The van der Waals surface area contributed by atoms with Crippen molar-refractivity contribution in [3.63, 3.8) is 0 Å². The van der Waals surface area contributed by atoms with Crippen LogP contribution in [0.2, 0.25) is 5.02 Å². The minimum atomic E-state index is -1.10. The van der Waals surface area contributed by atoms with Crippen molar-refractivity contribution in [1.82, 2.24) is 5.32 Å². The molecule has 10 heteroatoms. The molecule has 0 spiro atoms. The average Bonchev–Trinajstić information content (AvgIpc) is 3.08. The topological polar surface area (TPSA) is 97.2 Å². The summed E-state index contributed by atoms with van der Waals surface area (Å²) in [5.41, 5.74) is 1.98. The van der Waals surface area contributed by atoms with Crippen LogP contribution in [0.3, 0.4) is 0 Å². The Morgan fingerprint density at radius 1 is 1.38 bits per heavy atom. The molecule has 0 aromatic heterocycles. The second kappa shape index (κ2) is 10.7. The van der Waals surface area contributed by atoms with Crippen molar-refractivity contribution in [2.24, 2.45) is 4.99 Å². The Kier molecular flexibility index (Phi) is 8.00. The van der Waals surface area contributed by atoms with Crippen molar-refractivity contribution in [3.05, 3.63) is 68.5 Å². The molecule has 2 aromatic rings. The largest absolute Gasteiger partial charge is 0.493 e. The van der Waals surface area contributed by atoms with E-state index in [9.17, 15) is 9.59 Å². The Morgan fingerprint density at radius 3 is 2.81 bits per heavy atom. The molecule has 1 saturated heterocycles. The van der Waals surface area contributed by atoms with Crippen LogP contribution in [0.25, 0.3) is 6.08 Å². The molecule has 1 amide bonds. The van der Waals surface area contributed by atoms with Crippen molar-refractivity contribution in [2.75, 3.05) is 13.7 Å². The third-order valence-electron chi connectivity index (χ3n) is 4.16. The standard InChI is InChI=1S/C22H18BrClN2O5S/c1-3-4-13-7-12(8-17(30-2)20(13)31-11-19(27)28)9-18-21(29)26-22(32-18)25-14-5-6-15(23)16(24)10-14/h3,5-10H,1,4,11H2,2H3,(H,27,28)(H,25,26,29)/b18-9-. The van der Waals surface area contributed by atoms with Crippen LogP contribution in [0.1, 0.15) is 11.1 Å². The molecule has 0 atom stereocenters. The summed E-state index contributed by atoms with van der Waals surface area (Å²) in [6.45, 7) is 3.23. The van der Waals surface area contributed by atoms with Crippen LogP contribution in [0.5, 0.6) is 11.5 Å². The predicted molar refractivity (Wildman–Crippen MR) is 130 cm³/mol. The Labute approximate surface area is 202 Å². The molecule has 166 valence electrons. The van der Waals surface area contributed by atoms with Gasteiger partial charge in [0.2, 0.25) is 0 Å². The second-order valence-electron chi connectivity index (χ2n) is 6.47. The number of carboxylic acid groups (broad SMARTS) is 1. The number of nitrogens with zero attached hydrogens (tertiary/aromatic N) is 1. The maximum absolute atomic E-state index is 12.5. The van der Waals surface area contributed by atoms with Crippen molar-refractivity contribution >= 4 is 68.1 Å². The number of carbonyl (C=O) groups excluding carboxylic acids is 1. The molecule has 1 aliphatic heterocycles. The van der Waals surface area contributed by atoms with Gasteiger partial charge >= 0.3 is 5.97 Å². The zero-order valence-corrected chi connectivity index (χ0v) is 20.0. The van der Waals surface area contributed by atoms with Gasteiger partial charge in [-0.3, -0.25) is 4.79 Å². The highest BCUT2D eigenvalue weighted by molar-refractivity contribution is 9.10. The van der Waals surface area contributed by atoms with Crippen LogP contribution in [0.15, 0.2) is 57.4 Å². The fourth-order valence-corrected chi connectivity index (χ4v) is 4.09. The van der Waals surface area contributed by atoms with E-state index in [-0.39, 0.29) is 5.91 Å². The number of carboxylic acids is 1. The van der Waals surface area contributed by atoms with Gasteiger partial charge in [-0.1, -0.05) is 17.7 Å². The van der Waals surface area contributed by atoms with Crippen molar-refractivity contribution in [2.45, 2.75) is 6.42 Å². The summed E-state index contributed by atoms with van der Waals surface area (Å²) in [7, 11) is 1.46. The highest BCUT2D eigenvalue weighted by Gasteiger charge is 2.24. The number of nitrogens with one attached hydrogen (secondary N) is 1. The Hall–Kier alpha value is -2.75. The number of aliphatic imine (C=N–C) groups is 1. The summed E-state index contributed by atoms with van der Waals surface area (Å²) in [4.78, 5) is 28.2. The number of thioether (sulfide) groups is 1. The number of ether oxygens (including phenoxy) is 2. The van der Waals surface area contributed by atoms with E-state index in [2.05, 4.69) is 32.8 Å². The molecule has 1 fully saturated rings. The maximum atomic E-state index is 12.5. The number of methoxy groups -OCH3 is 1. The van der Waals surface area contributed by atoms with E-state index in [0.717, 1.165) is 4.47 Å². The van der Waals surface area contributed by atoms with E-state index in [0.29, 0.717) is 49.8 Å². The lowest BCUT2D eigenvalue weighted by Gasteiger charge is -2.14. The first-order valence-corrected chi connectivity index (χ1v) is 11.2. The number of amidine groups is 1. The highest BCUT2D eigenvalue weighted by atomic mass is 79.9. The van der Waals surface area contributed by atoms with E-state index < -0.39 is 12.6 Å². The normalized spacial score (nSPS) is 15.7. The van der Waals surface area contributed by atoms with Gasteiger partial charge in [0.1, 0.15) is 0 Å². The molecule has 32 heavy (non-hydrogen) atoms. The van der Waals surface area contributed by atoms with E-state index in [1.807, 2.05) is 0 Å². The van der Waals surface area contributed by atoms with E-state index in [4.69, 9.17) is 26.2 Å². The van der Waals surface area contributed by atoms with Crippen LogP contribution < -0.4 is 14.8 Å². The predicted octanol–water partition coefficient (Wildman–Crippen LogP) is 5.19. The van der Waals surface area contributed by atoms with Crippen LogP contribution in [0.4, 0.5) is 5.69 Å². The third-order valence-corrected chi connectivity index (χ3v) is 6.30. The number of amides is 1. The van der Waals surface area contributed by atoms with Crippen LogP contribution in [0, 0.1) is 0 Å². The molecule has 7 nitrogen and oxygen atoms in total. The summed E-state index contributed by atoms with van der Waals surface area (Å²) in [5.74, 6) is -0.692. The molecular weight excluding hydrogens is 520 g/mol. The lowest BCUT2D eigenvalue weighted by Crippen LogP contribution is -2.19. The smallest absolute Gasteiger partial charge is 0.341 e. The molecule has 1 heterocycles. The van der Waals surface area contributed by atoms with Gasteiger partial charge in [-0.25, -0.2) is 9.79 Å². The van der Waals surface area contributed by atoms with Gasteiger partial charge in [-0.2, -0.15) is 0 Å². The average molecular weight is 538 g/mol. The molecule has 0 unspecified atom stereocenters. The number of aliphatic carboxylic acids is 1. The van der Waals surface area contributed by atoms with Crippen molar-refractivity contribution < 1.29 is 24.2 Å². The summed E-state index contributed by atoms with van der Waals surface area (Å²) >= 11 is 10.6. The molecule has 1 aliphatic rings. The van der Waals surface area contributed by atoms with Crippen molar-refractivity contribution in [3.8, 4) is 11.5 Å².